The van der Waals surface area contributed by atoms with Crippen LogP contribution in [0, 0.1) is 0 Å². The summed E-state index contributed by atoms with van der Waals surface area (Å²) in [6.45, 7) is -1.62. The van der Waals surface area contributed by atoms with E-state index in [9.17, 15) is 8.78 Å². The third-order valence-electron chi connectivity index (χ3n) is 2.60. The van der Waals surface area contributed by atoms with E-state index in [0.29, 0.717) is 18.7 Å². The monoisotopic (exact) mass is 267 g/mol. The zero-order chi connectivity index (χ0) is 13.5. The Kier molecular flexibility index (Phi) is 4.85. The maximum Gasteiger partial charge on any atom is 0.387 e. The van der Waals surface area contributed by atoms with E-state index in [1.54, 1.807) is 30.6 Å². The Morgan fingerprint density at radius 3 is 2.89 bits per heavy atom. The van der Waals surface area contributed by atoms with Gasteiger partial charge in [0.15, 0.2) is 0 Å². The molecule has 0 bridgehead atoms. The molecule has 0 fully saturated rings. The molecule has 0 saturated heterocycles. The summed E-state index contributed by atoms with van der Waals surface area (Å²) in [5, 5.41) is 3.17. The molecule has 0 saturated carbocycles. The molecule has 0 aliphatic carbocycles. The third-order valence-corrected chi connectivity index (χ3v) is 2.60. The number of benzene rings is 1. The summed E-state index contributed by atoms with van der Waals surface area (Å²) in [5.41, 5.74) is 0.710. The van der Waals surface area contributed by atoms with Crippen molar-refractivity contribution in [2.75, 3.05) is 6.54 Å². The zero-order valence-electron chi connectivity index (χ0n) is 10.3. The molecule has 0 aliphatic rings. The molecule has 0 aliphatic heterocycles. The number of imidazole rings is 1. The number of rotatable bonds is 7. The Balaban J connectivity index is 1.82. The second kappa shape index (κ2) is 6.84. The van der Waals surface area contributed by atoms with Crippen molar-refractivity contribution >= 4 is 0 Å². The topological polar surface area (TPSA) is 49.9 Å². The van der Waals surface area contributed by atoms with Gasteiger partial charge in [-0.2, -0.15) is 8.78 Å². The van der Waals surface area contributed by atoms with Crippen LogP contribution in [0.1, 0.15) is 11.4 Å². The number of para-hydroxylation sites is 1. The Hall–Kier alpha value is -1.95. The predicted octanol–water partition coefficient (Wildman–Crippen LogP) is 2.34. The number of ether oxygens (including phenoxy) is 1. The molecular formula is C13H15F2N3O. The maximum absolute atomic E-state index is 12.2. The molecule has 1 aromatic heterocycles. The van der Waals surface area contributed by atoms with Crippen molar-refractivity contribution in [1.29, 1.82) is 0 Å². The molecule has 1 heterocycles. The van der Waals surface area contributed by atoms with Gasteiger partial charge in [0.05, 0.1) is 0 Å². The van der Waals surface area contributed by atoms with Crippen molar-refractivity contribution in [1.82, 2.24) is 15.3 Å². The standard InChI is InChI=1S/C13H15F2N3O/c14-13(15)19-11-4-2-1-3-10(11)9-16-6-5-12-17-7-8-18-12/h1-4,7-8,13,16H,5-6,9H2,(H,17,18). The van der Waals surface area contributed by atoms with E-state index >= 15 is 0 Å². The first-order valence-corrected chi connectivity index (χ1v) is 5.97. The summed E-state index contributed by atoms with van der Waals surface area (Å²) >= 11 is 0. The van der Waals surface area contributed by atoms with E-state index in [0.717, 1.165) is 12.2 Å². The van der Waals surface area contributed by atoms with Gasteiger partial charge >= 0.3 is 6.61 Å². The summed E-state index contributed by atoms with van der Waals surface area (Å²) < 4.78 is 28.9. The number of aromatic amines is 1. The fourth-order valence-corrected chi connectivity index (χ4v) is 1.73. The van der Waals surface area contributed by atoms with Gasteiger partial charge in [-0.25, -0.2) is 4.98 Å². The smallest absolute Gasteiger partial charge is 0.387 e. The van der Waals surface area contributed by atoms with Crippen molar-refractivity contribution in [2.45, 2.75) is 19.6 Å². The van der Waals surface area contributed by atoms with Crippen LogP contribution < -0.4 is 10.1 Å². The van der Waals surface area contributed by atoms with Crippen LogP contribution in [-0.4, -0.2) is 23.1 Å². The number of halogens is 2. The highest BCUT2D eigenvalue weighted by molar-refractivity contribution is 5.33. The lowest BCUT2D eigenvalue weighted by Crippen LogP contribution is -2.18. The summed E-state index contributed by atoms with van der Waals surface area (Å²) in [6.07, 6.45) is 4.22. The van der Waals surface area contributed by atoms with Gasteiger partial charge in [0.2, 0.25) is 0 Å². The second-order valence-corrected chi connectivity index (χ2v) is 3.95. The first kappa shape index (κ1) is 13.5. The van der Waals surface area contributed by atoms with E-state index < -0.39 is 6.61 Å². The average molecular weight is 267 g/mol. The van der Waals surface area contributed by atoms with E-state index in [-0.39, 0.29) is 5.75 Å². The second-order valence-electron chi connectivity index (χ2n) is 3.95. The highest BCUT2D eigenvalue weighted by Crippen LogP contribution is 2.19. The minimum Gasteiger partial charge on any atom is -0.434 e. The van der Waals surface area contributed by atoms with Crippen LogP contribution in [0.4, 0.5) is 8.78 Å². The Morgan fingerprint density at radius 1 is 1.32 bits per heavy atom. The number of hydrogen-bond acceptors (Lipinski definition) is 3. The Morgan fingerprint density at radius 2 is 2.16 bits per heavy atom. The van der Waals surface area contributed by atoms with E-state index in [2.05, 4.69) is 20.0 Å². The van der Waals surface area contributed by atoms with Gasteiger partial charge < -0.3 is 15.0 Å². The predicted molar refractivity (Wildman–Crippen MR) is 67.1 cm³/mol. The Labute approximate surface area is 109 Å². The van der Waals surface area contributed by atoms with E-state index in [4.69, 9.17) is 0 Å². The molecule has 19 heavy (non-hydrogen) atoms. The van der Waals surface area contributed by atoms with Gasteiger partial charge in [-0.3, -0.25) is 0 Å². The number of nitrogens with zero attached hydrogens (tertiary/aromatic N) is 1. The van der Waals surface area contributed by atoms with Gasteiger partial charge in [-0.15, -0.1) is 0 Å². The van der Waals surface area contributed by atoms with Crippen LogP contribution in [-0.2, 0) is 13.0 Å². The third kappa shape index (κ3) is 4.33. The number of nitrogens with one attached hydrogen (secondary N) is 2. The molecule has 2 aromatic rings. The fourth-order valence-electron chi connectivity index (χ4n) is 1.73. The SMILES string of the molecule is FC(F)Oc1ccccc1CNCCc1ncc[nH]1. The lowest BCUT2D eigenvalue weighted by Gasteiger charge is -2.11. The number of aromatic nitrogens is 2. The molecular weight excluding hydrogens is 252 g/mol. The van der Waals surface area contributed by atoms with Gasteiger partial charge in [0, 0.05) is 37.5 Å². The molecule has 0 atom stereocenters. The van der Waals surface area contributed by atoms with Crippen LogP contribution in [0.3, 0.4) is 0 Å². The van der Waals surface area contributed by atoms with Crippen molar-refractivity contribution in [3.05, 3.63) is 48.0 Å². The van der Waals surface area contributed by atoms with Gasteiger partial charge in [0.25, 0.3) is 0 Å². The van der Waals surface area contributed by atoms with Crippen molar-refractivity contribution in [3.8, 4) is 5.75 Å². The van der Waals surface area contributed by atoms with Gasteiger partial charge in [0.1, 0.15) is 11.6 Å². The normalized spacial score (nSPS) is 10.9. The molecule has 0 spiro atoms. The molecule has 0 amide bonds. The minimum atomic E-state index is -2.80. The van der Waals surface area contributed by atoms with Crippen LogP contribution in [0.15, 0.2) is 36.7 Å². The molecule has 4 nitrogen and oxygen atoms in total. The lowest BCUT2D eigenvalue weighted by molar-refractivity contribution is -0.0504. The quantitative estimate of drug-likeness (QED) is 0.757. The molecule has 0 radical (unpaired) electrons. The molecule has 0 unspecified atom stereocenters. The highest BCUT2D eigenvalue weighted by Gasteiger charge is 2.08. The highest BCUT2D eigenvalue weighted by atomic mass is 19.3. The molecule has 6 heteroatoms. The van der Waals surface area contributed by atoms with Gasteiger partial charge in [-0.1, -0.05) is 18.2 Å². The summed E-state index contributed by atoms with van der Waals surface area (Å²) in [6, 6.07) is 6.76. The van der Waals surface area contributed by atoms with Crippen molar-refractivity contribution in [3.63, 3.8) is 0 Å². The Bertz CT molecular complexity index is 488. The fraction of sp³-hybridized carbons (Fsp3) is 0.308. The van der Waals surface area contributed by atoms with E-state index in [1.165, 1.54) is 6.07 Å². The zero-order valence-corrected chi connectivity index (χ0v) is 10.3. The first-order chi connectivity index (χ1) is 9.25. The molecule has 2 N–H and O–H groups in total. The first-order valence-electron chi connectivity index (χ1n) is 5.97. The number of alkyl halides is 2. The summed E-state index contributed by atoms with van der Waals surface area (Å²) in [4.78, 5) is 7.10. The number of H-pyrrole nitrogens is 1. The van der Waals surface area contributed by atoms with Crippen LogP contribution in [0.25, 0.3) is 0 Å². The number of hydrogen-bond donors (Lipinski definition) is 2. The molecule has 102 valence electrons. The summed E-state index contributed by atoms with van der Waals surface area (Å²) in [5.74, 6) is 1.10. The van der Waals surface area contributed by atoms with Crippen LogP contribution in [0.5, 0.6) is 5.75 Å². The average Bonchev–Trinajstić information content (AvgIpc) is 2.89. The largest absolute Gasteiger partial charge is 0.434 e. The minimum absolute atomic E-state index is 0.211. The maximum atomic E-state index is 12.2. The molecule has 2 rings (SSSR count). The van der Waals surface area contributed by atoms with Crippen molar-refractivity contribution < 1.29 is 13.5 Å². The lowest BCUT2D eigenvalue weighted by atomic mass is 10.2. The van der Waals surface area contributed by atoms with Crippen LogP contribution >= 0.6 is 0 Å². The van der Waals surface area contributed by atoms with Crippen molar-refractivity contribution in [2.24, 2.45) is 0 Å². The van der Waals surface area contributed by atoms with Gasteiger partial charge in [-0.05, 0) is 6.07 Å². The van der Waals surface area contributed by atoms with Crippen LogP contribution in [0.2, 0.25) is 0 Å². The van der Waals surface area contributed by atoms with E-state index in [1.807, 2.05) is 0 Å². The molecule has 1 aromatic carbocycles. The summed E-state index contributed by atoms with van der Waals surface area (Å²) in [7, 11) is 0.